The van der Waals surface area contributed by atoms with Gasteiger partial charge in [-0.05, 0) is 114 Å². The number of nitrogens with zero attached hydrogens (tertiary/aromatic N) is 2. The van der Waals surface area contributed by atoms with Crippen LogP contribution >= 0.6 is 0 Å². The number of likely N-dealkylation sites (tertiary alicyclic amines) is 1. The number of amides is 4. The summed E-state index contributed by atoms with van der Waals surface area (Å²) in [4.78, 5) is 60.2. The summed E-state index contributed by atoms with van der Waals surface area (Å²) < 4.78 is 6.16. The molecule has 4 atom stereocenters. The van der Waals surface area contributed by atoms with Gasteiger partial charge in [0.25, 0.3) is 0 Å². The molecule has 3 heterocycles. The van der Waals surface area contributed by atoms with Crippen LogP contribution in [0.4, 0.5) is 0 Å². The molecule has 0 radical (unpaired) electrons. The number of aryl methyl sites for hydroxylation is 2. The number of benzene rings is 2. The number of hydrogen-bond acceptors (Lipinski definition) is 6. The molecule has 4 amide bonds. The molecule has 4 bridgehead atoms. The number of hydrogen-bond donors (Lipinski definition) is 3. The summed E-state index contributed by atoms with van der Waals surface area (Å²) in [6.07, 6.45) is 4.91. The number of carbonyl (C=O) groups is 4. The fourth-order valence-electron chi connectivity index (χ4n) is 7.15. The summed E-state index contributed by atoms with van der Waals surface area (Å²) in [6, 6.07) is 14.6. The third-order valence-corrected chi connectivity index (χ3v) is 10.6. The second kappa shape index (κ2) is 16.0. The molecule has 260 valence electrons. The molecule has 10 nitrogen and oxygen atoms in total. The van der Waals surface area contributed by atoms with E-state index >= 15 is 0 Å². The van der Waals surface area contributed by atoms with E-state index in [1.165, 1.54) is 0 Å². The highest BCUT2D eigenvalue weighted by atomic mass is 16.5. The van der Waals surface area contributed by atoms with Gasteiger partial charge in [0, 0.05) is 25.6 Å². The lowest BCUT2D eigenvalue weighted by atomic mass is 9.89. The van der Waals surface area contributed by atoms with E-state index in [0.717, 1.165) is 54.8 Å². The molecule has 0 aliphatic carbocycles. The maximum Gasteiger partial charge on any atom is 0.245 e. The van der Waals surface area contributed by atoms with Crippen molar-refractivity contribution in [2.45, 2.75) is 83.8 Å². The van der Waals surface area contributed by atoms with Crippen LogP contribution in [0.15, 0.2) is 48.5 Å². The molecule has 10 heteroatoms. The van der Waals surface area contributed by atoms with Gasteiger partial charge in [-0.2, -0.15) is 0 Å². The van der Waals surface area contributed by atoms with Gasteiger partial charge in [-0.3, -0.25) is 19.2 Å². The van der Waals surface area contributed by atoms with Gasteiger partial charge in [0.15, 0.2) is 0 Å². The van der Waals surface area contributed by atoms with Crippen molar-refractivity contribution >= 4 is 23.6 Å². The van der Waals surface area contributed by atoms with Gasteiger partial charge in [0.2, 0.25) is 23.6 Å². The molecule has 0 spiro atoms. The summed E-state index contributed by atoms with van der Waals surface area (Å²) in [5.41, 5.74) is 1.68. The lowest BCUT2D eigenvalue weighted by molar-refractivity contribution is -0.144. The Bertz CT molecular complexity index is 1440. The van der Waals surface area contributed by atoms with Gasteiger partial charge in [-0.1, -0.05) is 43.3 Å². The molecule has 2 saturated heterocycles. The van der Waals surface area contributed by atoms with E-state index in [0.29, 0.717) is 45.4 Å². The third kappa shape index (κ3) is 8.95. The zero-order valence-electron chi connectivity index (χ0n) is 29.1. The van der Waals surface area contributed by atoms with Crippen molar-refractivity contribution in [3.8, 4) is 5.75 Å². The van der Waals surface area contributed by atoms with Crippen LogP contribution in [0.3, 0.4) is 0 Å². The molecule has 48 heavy (non-hydrogen) atoms. The maximum absolute atomic E-state index is 14.4. The maximum atomic E-state index is 14.4. The van der Waals surface area contributed by atoms with Crippen LogP contribution in [0.2, 0.25) is 0 Å². The predicted molar refractivity (Wildman–Crippen MR) is 185 cm³/mol. The van der Waals surface area contributed by atoms with Crippen molar-refractivity contribution in [2.24, 2.45) is 17.8 Å². The lowest BCUT2D eigenvalue weighted by Crippen LogP contribution is -2.63. The van der Waals surface area contributed by atoms with Crippen LogP contribution in [0.25, 0.3) is 0 Å². The Morgan fingerprint density at radius 1 is 1.02 bits per heavy atom. The molecule has 0 aromatic heterocycles. The van der Waals surface area contributed by atoms with Crippen molar-refractivity contribution in [3.05, 3.63) is 65.2 Å². The fraction of sp³-hybridized carbons (Fsp3) is 0.579. The van der Waals surface area contributed by atoms with Gasteiger partial charge < -0.3 is 30.5 Å². The summed E-state index contributed by atoms with van der Waals surface area (Å²) in [7, 11) is 2.03. The second-order valence-electron chi connectivity index (χ2n) is 14.4. The van der Waals surface area contributed by atoms with Crippen LogP contribution in [-0.4, -0.2) is 84.8 Å². The Labute approximate surface area is 285 Å². The third-order valence-electron chi connectivity index (χ3n) is 10.6. The van der Waals surface area contributed by atoms with Crippen LogP contribution in [0, 0.1) is 24.7 Å². The number of fused-ring (bicyclic) bond motifs is 4. The van der Waals surface area contributed by atoms with E-state index in [4.69, 9.17) is 4.74 Å². The number of rotatable bonds is 5. The molecule has 2 fully saturated rings. The van der Waals surface area contributed by atoms with Gasteiger partial charge >= 0.3 is 0 Å². The van der Waals surface area contributed by atoms with Gasteiger partial charge in [-0.25, -0.2) is 0 Å². The fourth-order valence-corrected chi connectivity index (χ4v) is 7.15. The van der Waals surface area contributed by atoms with Crippen LogP contribution in [-0.2, 0) is 32.1 Å². The molecule has 5 rings (SSSR count). The Balaban J connectivity index is 1.46. The highest BCUT2D eigenvalue weighted by Gasteiger charge is 2.42. The zero-order chi connectivity index (χ0) is 34.3. The molecule has 0 saturated carbocycles. The minimum absolute atomic E-state index is 0.163. The molecule has 2 aromatic carbocycles. The summed E-state index contributed by atoms with van der Waals surface area (Å²) in [5, 5.41) is 9.11. The first-order valence-electron chi connectivity index (χ1n) is 17.7. The molecular formula is C38H53N5O5. The standard InChI is InChI=1S/C38H53N5O5/c1-26-12-13-32-23-31(26)24-39-37(47)38(3,18-14-28-9-6-5-7-10-28)41-35(45)33(40-34(44)30-15-20-42(4)21-16-30)27(2)36(46)43-19-8-11-29(25-43)17-22-48-32/h5-7,9-10,12-13,23,27,29-30,33H,8,11,14-22,24-25H2,1-4H3,(H,39,47)(H,40,44)(H,41,45)/t27?,29?,33-,38+/m0/s1. The molecule has 3 N–H and O–H groups in total. The van der Waals surface area contributed by atoms with E-state index in [9.17, 15) is 19.2 Å². The number of nitrogens with one attached hydrogen (secondary N) is 3. The Morgan fingerprint density at radius 3 is 2.52 bits per heavy atom. The normalized spacial score (nSPS) is 26.8. The molecule has 3 aliphatic rings. The first-order valence-corrected chi connectivity index (χ1v) is 17.7. The minimum atomic E-state index is -1.32. The van der Waals surface area contributed by atoms with Crippen LogP contribution < -0.4 is 20.7 Å². The van der Waals surface area contributed by atoms with Crippen LogP contribution in [0.5, 0.6) is 5.75 Å². The van der Waals surface area contributed by atoms with E-state index in [1.54, 1.807) is 13.8 Å². The Hall–Kier alpha value is -3.92. The van der Waals surface area contributed by atoms with Crippen molar-refractivity contribution in [1.29, 1.82) is 0 Å². The number of piperidine rings is 2. The summed E-state index contributed by atoms with van der Waals surface area (Å²) in [6.45, 7) is 9.02. The van der Waals surface area contributed by atoms with Crippen molar-refractivity contribution < 1.29 is 23.9 Å². The molecule has 2 unspecified atom stereocenters. The van der Waals surface area contributed by atoms with E-state index in [1.807, 2.05) is 67.4 Å². The van der Waals surface area contributed by atoms with Gasteiger partial charge in [0.1, 0.15) is 17.3 Å². The molecule has 2 aromatic rings. The lowest BCUT2D eigenvalue weighted by Gasteiger charge is -2.38. The second-order valence-corrected chi connectivity index (χ2v) is 14.4. The monoisotopic (exact) mass is 659 g/mol. The SMILES string of the molecule is Cc1ccc2cc1CNC(=O)[C@@](C)(CCc1ccccc1)NC(=O)[C@@H](NC(=O)C1CCN(C)CC1)C(C)C(=O)N1CCCC(CCO2)C1. The Morgan fingerprint density at radius 2 is 1.77 bits per heavy atom. The number of carbonyl (C=O) groups excluding carboxylic acids is 4. The molecular weight excluding hydrogens is 606 g/mol. The van der Waals surface area contributed by atoms with Gasteiger partial charge in [-0.15, -0.1) is 0 Å². The quantitative estimate of drug-likeness (QED) is 0.452. The minimum Gasteiger partial charge on any atom is -0.494 e. The Kier molecular flexibility index (Phi) is 11.8. The van der Waals surface area contributed by atoms with E-state index in [-0.39, 0.29) is 36.1 Å². The van der Waals surface area contributed by atoms with Crippen molar-refractivity contribution in [2.75, 3.05) is 39.8 Å². The van der Waals surface area contributed by atoms with E-state index < -0.39 is 23.4 Å². The van der Waals surface area contributed by atoms with E-state index in [2.05, 4.69) is 20.9 Å². The van der Waals surface area contributed by atoms with Crippen molar-refractivity contribution in [3.63, 3.8) is 0 Å². The highest BCUT2D eigenvalue weighted by Crippen LogP contribution is 2.26. The topological polar surface area (TPSA) is 120 Å². The number of ether oxygens (including phenoxy) is 1. The highest BCUT2D eigenvalue weighted by molar-refractivity contribution is 5.97. The van der Waals surface area contributed by atoms with Crippen molar-refractivity contribution in [1.82, 2.24) is 25.8 Å². The smallest absolute Gasteiger partial charge is 0.245 e. The average molecular weight is 660 g/mol. The summed E-state index contributed by atoms with van der Waals surface area (Å²) in [5.74, 6) is -1.28. The first-order chi connectivity index (χ1) is 23.0. The van der Waals surface area contributed by atoms with Gasteiger partial charge in [0.05, 0.1) is 12.5 Å². The summed E-state index contributed by atoms with van der Waals surface area (Å²) >= 11 is 0. The van der Waals surface area contributed by atoms with Crippen LogP contribution in [0.1, 0.15) is 69.1 Å². The largest absolute Gasteiger partial charge is 0.494 e. The first kappa shape index (κ1) is 35.4. The predicted octanol–water partition coefficient (Wildman–Crippen LogP) is 3.60. The average Bonchev–Trinajstić information content (AvgIpc) is 3.09. The molecule has 3 aliphatic heterocycles. The zero-order valence-corrected chi connectivity index (χ0v) is 29.1.